The van der Waals surface area contributed by atoms with E-state index < -0.39 is 57.3 Å². The third-order valence-corrected chi connectivity index (χ3v) is 14.2. The second-order valence-corrected chi connectivity index (χ2v) is 19.4. The van der Waals surface area contributed by atoms with Crippen molar-refractivity contribution < 1.29 is 51.9 Å². The SMILES string of the molecule is CC(C)c1cc(C(C)C)c(S(=O)(=O)N[C@@H](c2ccccc2)[C@@H](N)c2ccccc2)c(C(C)C)c1.COC(=O)C(C(=O)OC)[C@@H](C[N+](=O)[O-])c1ccccc1.Cc1c(C)c(C)c(C)c(C)c1C.[Ru]. The molecule has 11 nitrogen and oxygen atoms in total. The molecule has 0 aliphatic carbocycles. The van der Waals surface area contributed by atoms with Crippen LogP contribution in [0.1, 0.15) is 144 Å². The van der Waals surface area contributed by atoms with E-state index in [-0.39, 0.29) is 31.3 Å². The fourth-order valence-electron chi connectivity index (χ4n) is 7.93. The van der Waals surface area contributed by atoms with Crippen LogP contribution < -0.4 is 10.5 Å². The summed E-state index contributed by atoms with van der Waals surface area (Å²) in [4.78, 5) is 34.2. The number of benzene rings is 5. The molecule has 67 heavy (non-hydrogen) atoms. The van der Waals surface area contributed by atoms with Gasteiger partial charge in [0.05, 0.1) is 37.1 Å². The van der Waals surface area contributed by atoms with E-state index in [1.54, 1.807) is 30.3 Å². The third kappa shape index (κ3) is 15.2. The molecule has 13 heteroatoms. The quantitative estimate of drug-likeness (QED) is 0.0341. The molecule has 3 N–H and O–H groups in total. The molecule has 0 aliphatic heterocycles. The Morgan fingerprint density at radius 1 is 0.597 bits per heavy atom. The van der Waals surface area contributed by atoms with Crippen LogP contribution in [0.2, 0.25) is 0 Å². The van der Waals surface area contributed by atoms with Crippen LogP contribution in [-0.4, -0.2) is 46.0 Å². The van der Waals surface area contributed by atoms with Crippen LogP contribution >= 0.6 is 0 Å². The van der Waals surface area contributed by atoms with Crippen molar-refractivity contribution in [1.29, 1.82) is 0 Å². The Morgan fingerprint density at radius 3 is 1.25 bits per heavy atom. The summed E-state index contributed by atoms with van der Waals surface area (Å²) >= 11 is 0. The Labute approximate surface area is 412 Å². The Balaban J connectivity index is 0.000000393. The van der Waals surface area contributed by atoms with Crippen molar-refractivity contribution in [2.45, 2.75) is 124 Å². The number of nitrogens with two attached hydrogens (primary N) is 1. The second kappa shape index (κ2) is 26.5. The van der Waals surface area contributed by atoms with Gasteiger partial charge in [-0.15, -0.1) is 0 Å². The maximum absolute atomic E-state index is 14.1. The molecule has 5 aromatic rings. The number of carbonyl (C=O) groups is 2. The molecule has 0 bridgehead atoms. The summed E-state index contributed by atoms with van der Waals surface area (Å²) < 4.78 is 40.4. The average Bonchev–Trinajstić information content (AvgIpc) is 3.31. The molecule has 364 valence electrons. The molecule has 0 fully saturated rings. The summed E-state index contributed by atoms with van der Waals surface area (Å²) in [6, 6.07) is 30.5. The number of rotatable bonds is 15. The van der Waals surface area contributed by atoms with Crippen molar-refractivity contribution in [1.82, 2.24) is 4.72 Å². The molecular weight excluding hydrogens is 952 g/mol. The number of sulfonamides is 1. The first-order valence-electron chi connectivity index (χ1n) is 22.4. The molecule has 0 amide bonds. The Morgan fingerprint density at radius 2 is 0.940 bits per heavy atom. The molecule has 5 rings (SSSR count). The number of nitrogens with zero attached hydrogens (tertiary/aromatic N) is 1. The standard InChI is InChI=1S/C29H38N2O2S.C13H15NO6.C12H18.Ru/c1-19(2)24-17-25(20(3)4)29(26(18-24)21(5)6)34(32,33)31-28(23-15-11-8-12-16-23)27(30)22-13-9-7-10-14-22;1-19-12(15)11(13(16)20-2)10(8-14(17)18)9-6-4-3-5-7-9;1-7-8(2)10(4)12(6)11(5)9(7)3;/h7-21,27-28,31H,30H2,1-6H3;3-7,10-11H,8H2,1-2H3;1-6H3;/t27-,28-;10-;;/m00../s1. The summed E-state index contributed by atoms with van der Waals surface area (Å²) in [6.45, 7) is 25.2. The normalized spacial score (nSPS) is 12.5. The fraction of sp³-hybridized carbons (Fsp3) is 0.407. The minimum atomic E-state index is -3.88. The van der Waals surface area contributed by atoms with Gasteiger partial charge < -0.3 is 15.2 Å². The van der Waals surface area contributed by atoms with Gasteiger partial charge in [-0.05, 0) is 126 Å². The summed E-state index contributed by atoms with van der Waals surface area (Å²) in [5, 5.41) is 10.8. The van der Waals surface area contributed by atoms with Gasteiger partial charge in [-0.1, -0.05) is 145 Å². The molecule has 0 spiro atoms. The number of carbonyl (C=O) groups excluding carboxylic acids is 2. The van der Waals surface area contributed by atoms with E-state index in [9.17, 15) is 28.1 Å². The van der Waals surface area contributed by atoms with E-state index in [0.717, 1.165) is 42.0 Å². The van der Waals surface area contributed by atoms with Crippen molar-refractivity contribution in [2.24, 2.45) is 11.7 Å². The zero-order valence-corrected chi connectivity index (χ0v) is 44.2. The van der Waals surface area contributed by atoms with Gasteiger partial charge in [0, 0.05) is 24.4 Å². The third-order valence-electron chi connectivity index (χ3n) is 12.6. The molecular formula is C54H71N3O8RuS. The van der Waals surface area contributed by atoms with Crippen molar-refractivity contribution in [2.75, 3.05) is 20.8 Å². The van der Waals surface area contributed by atoms with Gasteiger partial charge in [-0.3, -0.25) is 19.7 Å². The van der Waals surface area contributed by atoms with Crippen LogP contribution in [0.25, 0.3) is 0 Å². The van der Waals surface area contributed by atoms with Crippen LogP contribution in [0.5, 0.6) is 0 Å². The van der Waals surface area contributed by atoms with Crippen LogP contribution in [0, 0.1) is 57.6 Å². The Bertz CT molecular complexity index is 2370. The molecule has 0 heterocycles. The van der Waals surface area contributed by atoms with E-state index >= 15 is 0 Å². The molecule has 0 aromatic heterocycles. The molecule has 0 saturated heterocycles. The summed E-state index contributed by atoms with van der Waals surface area (Å²) in [7, 11) is -1.65. The van der Waals surface area contributed by atoms with Gasteiger partial charge in [-0.2, -0.15) is 0 Å². The predicted octanol–water partition coefficient (Wildman–Crippen LogP) is 11.3. The van der Waals surface area contributed by atoms with Crippen molar-refractivity contribution in [3.8, 4) is 0 Å². The largest absolute Gasteiger partial charge is 0.468 e. The number of methoxy groups -OCH3 is 2. The summed E-state index contributed by atoms with van der Waals surface area (Å²) in [6.07, 6.45) is 0. The van der Waals surface area contributed by atoms with Crippen molar-refractivity contribution in [3.63, 3.8) is 0 Å². The second-order valence-electron chi connectivity index (χ2n) is 17.7. The van der Waals surface area contributed by atoms with Gasteiger partial charge in [0.2, 0.25) is 16.6 Å². The maximum Gasteiger partial charge on any atom is 0.320 e. The van der Waals surface area contributed by atoms with Crippen LogP contribution in [0.3, 0.4) is 0 Å². The van der Waals surface area contributed by atoms with Gasteiger partial charge in [0.25, 0.3) is 0 Å². The maximum atomic E-state index is 14.1. The average molecular weight is 1020 g/mol. The van der Waals surface area contributed by atoms with Crippen molar-refractivity contribution >= 4 is 22.0 Å². The van der Waals surface area contributed by atoms with Crippen molar-refractivity contribution in [3.05, 3.63) is 180 Å². The van der Waals surface area contributed by atoms with Crippen LogP contribution in [-0.2, 0) is 48.6 Å². The number of ether oxygens (including phenoxy) is 2. The number of hydrogen-bond donors (Lipinski definition) is 2. The number of nitro groups is 1. The number of nitrogens with one attached hydrogen (secondary N) is 1. The topological polar surface area (TPSA) is 168 Å². The zero-order chi connectivity index (χ0) is 49.6. The van der Waals surface area contributed by atoms with Crippen LogP contribution in [0.4, 0.5) is 0 Å². The minimum absolute atomic E-state index is 0. The molecule has 0 saturated carbocycles. The van der Waals surface area contributed by atoms with Gasteiger partial charge in [0.1, 0.15) is 0 Å². The summed E-state index contributed by atoms with van der Waals surface area (Å²) in [5.74, 6) is -3.59. The minimum Gasteiger partial charge on any atom is -0.468 e. The van der Waals surface area contributed by atoms with E-state index in [1.807, 2.05) is 88.4 Å². The molecule has 3 atom stereocenters. The van der Waals surface area contributed by atoms with E-state index in [2.05, 4.69) is 81.7 Å². The molecule has 0 aliphatic rings. The first-order valence-corrected chi connectivity index (χ1v) is 23.9. The summed E-state index contributed by atoms with van der Waals surface area (Å²) in [5.41, 5.74) is 20.5. The fourth-order valence-corrected chi connectivity index (χ4v) is 9.88. The molecule has 0 radical (unpaired) electrons. The van der Waals surface area contributed by atoms with Gasteiger partial charge in [0.15, 0.2) is 5.92 Å². The Kier molecular flexibility index (Phi) is 22.9. The number of esters is 2. The molecule has 5 aromatic carbocycles. The van der Waals surface area contributed by atoms with Crippen LogP contribution in [0.15, 0.2) is 108 Å². The smallest absolute Gasteiger partial charge is 0.320 e. The van der Waals surface area contributed by atoms with E-state index in [0.29, 0.717) is 16.4 Å². The first kappa shape index (κ1) is 58.1. The first-order chi connectivity index (χ1) is 31.0. The number of hydrogen-bond acceptors (Lipinski definition) is 9. The monoisotopic (exact) mass is 1020 g/mol. The zero-order valence-electron chi connectivity index (χ0n) is 41.6. The predicted molar refractivity (Wildman–Crippen MR) is 265 cm³/mol. The van der Waals surface area contributed by atoms with Gasteiger partial charge in [-0.25, -0.2) is 13.1 Å². The Hall–Kier alpha value is -5.07. The van der Waals surface area contributed by atoms with E-state index in [1.165, 1.54) is 33.4 Å². The molecule has 0 unspecified atom stereocenters. The van der Waals surface area contributed by atoms with Gasteiger partial charge >= 0.3 is 11.9 Å². The van der Waals surface area contributed by atoms with E-state index in [4.69, 9.17) is 5.73 Å².